The van der Waals surface area contributed by atoms with Gasteiger partial charge < -0.3 is 4.90 Å². The summed E-state index contributed by atoms with van der Waals surface area (Å²) in [5, 5.41) is 0. The van der Waals surface area contributed by atoms with Crippen molar-refractivity contribution >= 4 is 0 Å². The standard InChI is InChI=1S/C17H35N/c1-15(2)9-6-5-7-10-17-11-8-12-18(14-17)13-16(3)4/h15-17H,5-14H2,1-4H3. The van der Waals surface area contributed by atoms with Gasteiger partial charge >= 0.3 is 0 Å². The molecule has 1 aliphatic heterocycles. The average Bonchev–Trinajstić information content (AvgIpc) is 2.27. The summed E-state index contributed by atoms with van der Waals surface area (Å²) in [5.41, 5.74) is 0. The van der Waals surface area contributed by atoms with Gasteiger partial charge in [0, 0.05) is 13.1 Å². The van der Waals surface area contributed by atoms with Crippen LogP contribution in [0.25, 0.3) is 0 Å². The van der Waals surface area contributed by atoms with Gasteiger partial charge in [-0.25, -0.2) is 0 Å². The van der Waals surface area contributed by atoms with Crippen molar-refractivity contribution in [1.29, 1.82) is 0 Å². The fourth-order valence-corrected chi connectivity index (χ4v) is 3.23. The summed E-state index contributed by atoms with van der Waals surface area (Å²) < 4.78 is 0. The van der Waals surface area contributed by atoms with Gasteiger partial charge in [0.2, 0.25) is 0 Å². The maximum atomic E-state index is 2.70. The van der Waals surface area contributed by atoms with Crippen LogP contribution < -0.4 is 0 Å². The highest BCUT2D eigenvalue weighted by Gasteiger charge is 2.19. The van der Waals surface area contributed by atoms with E-state index >= 15 is 0 Å². The van der Waals surface area contributed by atoms with Crippen LogP contribution in [0.1, 0.15) is 72.6 Å². The largest absolute Gasteiger partial charge is 0.303 e. The Bertz CT molecular complexity index is 198. The van der Waals surface area contributed by atoms with Crippen LogP contribution in [0, 0.1) is 17.8 Å². The second kappa shape index (κ2) is 8.96. The minimum Gasteiger partial charge on any atom is -0.303 e. The number of likely N-dealkylation sites (tertiary alicyclic amines) is 1. The first-order chi connectivity index (χ1) is 8.58. The van der Waals surface area contributed by atoms with E-state index in [2.05, 4.69) is 32.6 Å². The monoisotopic (exact) mass is 253 g/mol. The van der Waals surface area contributed by atoms with E-state index < -0.39 is 0 Å². The van der Waals surface area contributed by atoms with Gasteiger partial charge in [0.25, 0.3) is 0 Å². The molecule has 0 N–H and O–H groups in total. The Morgan fingerprint density at radius 2 is 1.78 bits per heavy atom. The van der Waals surface area contributed by atoms with Crippen LogP contribution in [0.5, 0.6) is 0 Å². The molecule has 1 saturated heterocycles. The average molecular weight is 253 g/mol. The number of nitrogens with zero attached hydrogens (tertiary/aromatic N) is 1. The molecule has 1 aliphatic rings. The lowest BCUT2D eigenvalue weighted by atomic mass is 9.91. The van der Waals surface area contributed by atoms with Crippen LogP contribution in [0.4, 0.5) is 0 Å². The zero-order chi connectivity index (χ0) is 13.4. The lowest BCUT2D eigenvalue weighted by molar-refractivity contribution is 0.151. The molecule has 108 valence electrons. The summed E-state index contributed by atoms with van der Waals surface area (Å²) >= 11 is 0. The number of rotatable bonds is 8. The molecular weight excluding hydrogens is 218 g/mol. The summed E-state index contributed by atoms with van der Waals surface area (Å²) in [6.45, 7) is 13.4. The zero-order valence-electron chi connectivity index (χ0n) is 13.3. The minimum atomic E-state index is 0.829. The Morgan fingerprint density at radius 3 is 2.44 bits per heavy atom. The van der Waals surface area contributed by atoms with E-state index in [1.807, 2.05) is 0 Å². The number of piperidine rings is 1. The first-order valence-electron chi connectivity index (χ1n) is 8.30. The van der Waals surface area contributed by atoms with Gasteiger partial charge in [0.15, 0.2) is 0 Å². The molecule has 0 aromatic rings. The molecule has 0 amide bonds. The van der Waals surface area contributed by atoms with E-state index in [4.69, 9.17) is 0 Å². The Morgan fingerprint density at radius 1 is 1.00 bits per heavy atom. The molecule has 0 aromatic heterocycles. The third kappa shape index (κ3) is 7.41. The van der Waals surface area contributed by atoms with Crippen molar-refractivity contribution in [3.63, 3.8) is 0 Å². The molecule has 1 atom stereocenters. The van der Waals surface area contributed by atoms with Crippen LogP contribution in [-0.4, -0.2) is 24.5 Å². The van der Waals surface area contributed by atoms with Gasteiger partial charge in [-0.1, -0.05) is 53.4 Å². The molecule has 1 nitrogen and oxygen atoms in total. The maximum Gasteiger partial charge on any atom is 0.000978 e. The van der Waals surface area contributed by atoms with Crippen molar-refractivity contribution in [2.24, 2.45) is 17.8 Å². The van der Waals surface area contributed by atoms with E-state index in [0.717, 1.165) is 17.8 Å². The lowest BCUT2D eigenvalue weighted by Gasteiger charge is -2.33. The molecule has 0 aromatic carbocycles. The van der Waals surface area contributed by atoms with Crippen LogP contribution >= 0.6 is 0 Å². The number of hydrogen-bond donors (Lipinski definition) is 0. The van der Waals surface area contributed by atoms with Crippen LogP contribution in [0.15, 0.2) is 0 Å². The van der Waals surface area contributed by atoms with E-state index in [0.29, 0.717) is 0 Å². The van der Waals surface area contributed by atoms with Crippen molar-refractivity contribution in [2.45, 2.75) is 72.6 Å². The normalized spacial score (nSPS) is 22.0. The first-order valence-corrected chi connectivity index (χ1v) is 8.30. The molecule has 0 radical (unpaired) electrons. The predicted octanol–water partition coefficient (Wildman–Crippen LogP) is 4.96. The van der Waals surface area contributed by atoms with Crippen molar-refractivity contribution < 1.29 is 0 Å². The van der Waals surface area contributed by atoms with E-state index in [1.165, 1.54) is 64.6 Å². The van der Waals surface area contributed by atoms with Crippen molar-refractivity contribution in [2.75, 3.05) is 19.6 Å². The van der Waals surface area contributed by atoms with Crippen molar-refractivity contribution in [3.8, 4) is 0 Å². The number of hydrogen-bond acceptors (Lipinski definition) is 1. The van der Waals surface area contributed by atoms with Crippen LogP contribution in [0.3, 0.4) is 0 Å². The molecule has 0 bridgehead atoms. The molecular formula is C17H35N. The second-order valence-corrected chi connectivity index (χ2v) is 7.19. The van der Waals surface area contributed by atoms with Gasteiger partial charge in [-0.15, -0.1) is 0 Å². The quantitative estimate of drug-likeness (QED) is 0.553. The summed E-state index contributed by atoms with van der Waals surface area (Å²) in [4.78, 5) is 2.70. The third-order valence-electron chi connectivity index (χ3n) is 4.12. The van der Waals surface area contributed by atoms with Gasteiger partial charge in [0.1, 0.15) is 0 Å². The Labute approximate surface area is 115 Å². The SMILES string of the molecule is CC(C)CCCCCC1CCCN(CC(C)C)C1. The van der Waals surface area contributed by atoms with Gasteiger partial charge in [0.05, 0.1) is 0 Å². The lowest BCUT2D eigenvalue weighted by Crippen LogP contribution is -2.37. The summed E-state index contributed by atoms with van der Waals surface area (Å²) in [6.07, 6.45) is 10.2. The summed E-state index contributed by atoms with van der Waals surface area (Å²) in [7, 11) is 0. The van der Waals surface area contributed by atoms with Gasteiger partial charge in [-0.3, -0.25) is 0 Å². The fourth-order valence-electron chi connectivity index (χ4n) is 3.23. The van der Waals surface area contributed by atoms with Crippen molar-refractivity contribution in [3.05, 3.63) is 0 Å². The molecule has 1 unspecified atom stereocenters. The Balaban J connectivity index is 2.07. The fraction of sp³-hybridized carbons (Fsp3) is 1.00. The minimum absolute atomic E-state index is 0.829. The van der Waals surface area contributed by atoms with E-state index in [-0.39, 0.29) is 0 Å². The molecule has 1 heteroatoms. The molecule has 1 rings (SSSR count). The number of unbranched alkanes of at least 4 members (excludes halogenated alkanes) is 2. The zero-order valence-corrected chi connectivity index (χ0v) is 13.3. The molecule has 18 heavy (non-hydrogen) atoms. The maximum absolute atomic E-state index is 2.70. The first kappa shape index (κ1) is 16.0. The molecule has 0 saturated carbocycles. The molecule has 0 spiro atoms. The summed E-state index contributed by atoms with van der Waals surface area (Å²) in [5.74, 6) is 2.72. The topological polar surface area (TPSA) is 3.24 Å². The molecule has 1 heterocycles. The smallest absolute Gasteiger partial charge is 0.000978 e. The predicted molar refractivity (Wildman–Crippen MR) is 81.9 cm³/mol. The van der Waals surface area contributed by atoms with E-state index in [1.54, 1.807) is 0 Å². The third-order valence-corrected chi connectivity index (χ3v) is 4.12. The highest BCUT2D eigenvalue weighted by molar-refractivity contribution is 4.73. The highest BCUT2D eigenvalue weighted by Crippen LogP contribution is 2.23. The van der Waals surface area contributed by atoms with Crippen LogP contribution in [-0.2, 0) is 0 Å². The molecule has 1 fully saturated rings. The van der Waals surface area contributed by atoms with E-state index in [9.17, 15) is 0 Å². The molecule has 0 aliphatic carbocycles. The Kier molecular flexibility index (Phi) is 7.97. The van der Waals surface area contributed by atoms with Gasteiger partial charge in [-0.05, 0) is 43.6 Å². The summed E-state index contributed by atoms with van der Waals surface area (Å²) in [6, 6.07) is 0. The van der Waals surface area contributed by atoms with Crippen molar-refractivity contribution in [1.82, 2.24) is 4.90 Å². The Hall–Kier alpha value is -0.0400. The van der Waals surface area contributed by atoms with Gasteiger partial charge in [-0.2, -0.15) is 0 Å². The second-order valence-electron chi connectivity index (χ2n) is 7.19. The van der Waals surface area contributed by atoms with Crippen LogP contribution in [0.2, 0.25) is 0 Å². The highest BCUT2D eigenvalue weighted by atomic mass is 15.1.